The fourth-order valence-electron chi connectivity index (χ4n) is 11.6. The molecular formula is C47H82N6O10. The zero-order valence-corrected chi connectivity index (χ0v) is 41.5. The van der Waals surface area contributed by atoms with Crippen LogP contribution < -0.4 is 21.3 Å². The molecule has 360 valence electrons. The Hall–Kier alpha value is -3.34. The molecule has 2 amide bonds. The predicted molar refractivity (Wildman–Crippen MR) is 239 cm³/mol. The number of amides is 2. The van der Waals surface area contributed by atoms with Crippen LogP contribution in [0.5, 0.6) is 0 Å². The molecule has 0 atom stereocenters. The standard InChI is InChI=1S/C47H82N6O10/c1-40(2)18-30(19-41(3,4)48-40)60-36(56)26-52(27-37(57)61-31-20-42(5,6)49-43(7,8)21-31)34(54)17-35(55)53(28-38(58)62-32-22-44(9,10)50-45(11,12)23-32)29-39(59)63-33-24-46(13,14)51-47(15,16)25-33/h30-33,48-51H,17-29H2,1-16H3. The number of carbonyl (C=O) groups is 6. The molecule has 4 aliphatic rings. The van der Waals surface area contributed by atoms with Crippen LogP contribution in [-0.2, 0) is 47.7 Å². The number of hydrogen-bond acceptors (Lipinski definition) is 14. The number of rotatable bonds is 14. The Morgan fingerprint density at radius 2 is 0.508 bits per heavy atom. The topological polar surface area (TPSA) is 194 Å². The van der Waals surface area contributed by atoms with Gasteiger partial charge in [-0.15, -0.1) is 0 Å². The summed E-state index contributed by atoms with van der Waals surface area (Å²) in [4.78, 5) is 84.9. The third kappa shape index (κ3) is 17.2. The largest absolute Gasteiger partial charge is 0.461 e. The summed E-state index contributed by atoms with van der Waals surface area (Å²) in [7, 11) is 0. The molecule has 16 nitrogen and oxygen atoms in total. The maximum atomic E-state index is 14.2. The van der Waals surface area contributed by atoms with Crippen LogP contribution in [0.25, 0.3) is 0 Å². The summed E-state index contributed by atoms with van der Waals surface area (Å²) >= 11 is 0. The van der Waals surface area contributed by atoms with Crippen molar-refractivity contribution < 1.29 is 47.7 Å². The first-order chi connectivity index (χ1) is 28.4. The van der Waals surface area contributed by atoms with Gasteiger partial charge in [0.05, 0.1) is 0 Å². The summed E-state index contributed by atoms with van der Waals surface area (Å²) in [5.74, 6) is -4.71. The van der Waals surface area contributed by atoms with Crippen LogP contribution in [-0.4, -0.2) is 140 Å². The number of carbonyl (C=O) groups excluding carboxylic acids is 6. The van der Waals surface area contributed by atoms with Crippen molar-refractivity contribution in [1.82, 2.24) is 31.1 Å². The van der Waals surface area contributed by atoms with Crippen molar-refractivity contribution in [2.75, 3.05) is 26.2 Å². The quantitative estimate of drug-likeness (QED) is 0.109. The Balaban J connectivity index is 1.55. The summed E-state index contributed by atoms with van der Waals surface area (Å²) in [6.45, 7) is 29.9. The van der Waals surface area contributed by atoms with Gasteiger partial charge in [0, 0.05) is 95.7 Å². The lowest BCUT2D eigenvalue weighted by atomic mass is 9.81. The highest BCUT2D eigenvalue weighted by Gasteiger charge is 2.44. The molecule has 4 N–H and O–H groups in total. The van der Waals surface area contributed by atoms with Crippen LogP contribution >= 0.6 is 0 Å². The highest BCUT2D eigenvalue weighted by atomic mass is 16.6. The van der Waals surface area contributed by atoms with Crippen LogP contribution in [0.3, 0.4) is 0 Å². The third-order valence-corrected chi connectivity index (χ3v) is 12.1. The molecule has 16 heteroatoms. The lowest BCUT2D eigenvalue weighted by Gasteiger charge is -2.46. The average molecular weight is 891 g/mol. The first-order valence-corrected chi connectivity index (χ1v) is 22.9. The molecule has 0 aliphatic carbocycles. The van der Waals surface area contributed by atoms with Crippen LogP contribution in [0.4, 0.5) is 0 Å². The number of nitrogens with zero attached hydrogens (tertiary/aromatic N) is 2. The minimum absolute atomic E-state index is 0.332. The highest BCUT2D eigenvalue weighted by molar-refractivity contribution is 6.00. The minimum atomic E-state index is -0.874. The number of hydrogen-bond donors (Lipinski definition) is 4. The molecule has 0 aromatic carbocycles. The SMILES string of the molecule is CC1(C)CC(OC(=O)CN(CC(=O)OC2CC(C)(C)NC(C)(C)C2)C(=O)CC(=O)N(CC(=O)OC2CC(C)(C)NC(C)(C)C2)CC(=O)OC2CC(C)(C)NC(C)(C)C2)CC(C)(C)N1. The van der Waals surface area contributed by atoms with Crippen LogP contribution in [0, 0.1) is 0 Å². The fourth-order valence-corrected chi connectivity index (χ4v) is 11.6. The van der Waals surface area contributed by atoms with E-state index < -0.39 is 92.7 Å². The second-order valence-corrected chi connectivity index (χ2v) is 24.3. The van der Waals surface area contributed by atoms with Gasteiger partial charge in [-0.1, -0.05) is 0 Å². The third-order valence-electron chi connectivity index (χ3n) is 12.1. The van der Waals surface area contributed by atoms with E-state index in [0.29, 0.717) is 51.4 Å². The zero-order valence-electron chi connectivity index (χ0n) is 41.5. The lowest BCUT2D eigenvalue weighted by Crippen LogP contribution is -2.60. The van der Waals surface area contributed by atoms with Gasteiger partial charge in [-0.3, -0.25) is 28.8 Å². The van der Waals surface area contributed by atoms with Gasteiger partial charge in [0.2, 0.25) is 11.8 Å². The van der Waals surface area contributed by atoms with Gasteiger partial charge in [-0.2, -0.15) is 0 Å². The van der Waals surface area contributed by atoms with E-state index >= 15 is 0 Å². The van der Waals surface area contributed by atoms with E-state index in [0.717, 1.165) is 9.80 Å². The Bertz CT molecular complexity index is 1420. The van der Waals surface area contributed by atoms with Crippen LogP contribution in [0.15, 0.2) is 0 Å². The van der Waals surface area contributed by atoms with Gasteiger partial charge in [0.15, 0.2) is 0 Å². The van der Waals surface area contributed by atoms with Gasteiger partial charge >= 0.3 is 23.9 Å². The van der Waals surface area contributed by atoms with E-state index in [-0.39, 0.29) is 44.3 Å². The molecule has 4 saturated heterocycles. The predicted octanol–water partition coefficient (Wildman–Crippen LogP) is 4.44. The molecule has 0 unspecified atom stereocenters. The Morgan fingerprint density at radius 3 is 0.667 bits per heavy atom. The normalized spacial score (nSPS) is 24.9. The molecule has 4 fully saturated rings. The summed E-state index contributed by atoms with van der Waals surface area (Å²) in [5, 5.41) is 14.2. The van der Waals surface area contributed by atoms with Gasteiger partial charge in [0.25, 0.3) is 0 Å². The van der Waals surface area contributed by atoms with E-state index in [1.165, 1.54) is 0 Å². The lowest BCUT2D eigenvalue weighted by molar-refractivity contribution is -0.164. The molecule has 0 aromatic heterocycles. The summed E-state index contributed by atoms with van der Waals surface area (Å²) in [5.41, 5.74) is -2.66. The average Bonchev–Trinajstić information content (AvgIpc) is 2.97. The summed E-state index contributed by atoms with van der Waals surface area (Å²) < 4.78 is 23.7. The Labute approximate surface area is 377 Å². The molecule has 0 saturated carbocycles. The van der Waals surface area contributed by atoms with Gasteiger partial charge < -0.3 is 50.0 Å². The molecule has 0 radical (unpaired) electrons. The highest BCUT2D eigenvalue weighted by Crippen LogP contribution is 2.34. The van der Waals surface area contributed by atoms with Crippen molar-refractivity contribution >= 4 is 35.7 Å². The van der Waals surface area contributed by atoms with Crippen LogP contribution in [0.1, 0.15) is 169 Å². The van der Waals surface area contributed by atoms with Crippen molar-refractivity contribution in [3.05, 3.63) is 0 Å². The molecule has 0 bridgehead atoms. The number of ether oxygens (including phenoxy) is 4. The first kappa shape index (κ1) is 52.3. The summed E-state index contributed by atoms with van der Waals surface area (Å²) in [6.07, 6.45) is 1.49. The molecule has 0 spiro atoms. The van der Waals surface area contributed by atoms with E-state index in [1.54, 1.807) is 0 Å². The molecule has 4 rings (SSSR count). The van der Waals surface area contributed by atoms with E-state index in [9.17, 15) is 28.8 Å². The molecule has 0 aromatic rings. The molecule has 63 heavy (non-hydrogen) atoms. The summed E-state index contributed by atoms with van der Waals surface area (Å²) in [6, 6.07) is 0. The Morgan fingerprint density at radius 1 is 0.349 bits per heavy atom. The van der Waals surface area contributed by atoms with Crippen molar-refractivity contribution in [3.8, 4) is 0 Å². The maximum Gasteiger partial charge on any atom is 0.325 e. The molecule has 4 heterocycles. The van der Waals surface area contributed by atoms with E-state index in [4.69, 9.17) is 18.9 Å². The monoisotopic (exact) mass is 891 g/mol. The van der Waals surface area contributed by atoms with E-state index in [1.807, 2.05) is 111 Å². The van der Waals surface area contributed by atoms with Crippen molar-refractivity contribution in [1.29, 1.82) is 0 Å². The second-order valence-electron chi connectivity index (χ2n) is 24.3. The van der Waals surface area contributed by atoms with Crippen LogP contribution in [0.2, 0.25) is 0 Å². The van der Waals surface area contributed by atoms with E-state index in [2.05, 4.69) is 21.3 Å². The maximum absolute atomic E-state index is 14.2. The van der Waals surface area contributed by atoms with Gasteiger partial charge in [-0.05, 0) is 111 Å². The smallest absolute Gasteiger partial charge is 0.325 e. The van der Waals surface area contributed by atoms with Crippen molar-refractivity contribution in [2.24, 2.45) is 0 Å². The van der Waals surface area contributed by atoms with Crippen molar-refractivity contribution in [3.63, 3.8) is 0 Å². The second kappa shape index (κ2) is 18.9. The minimum Gasteiger partial charge on any atom is -0.461 e. The molecular weight excluding hydrogens is 809 g/mol. The zero-order chi connectivity index (χ0) is 47.8. The van der Waals surface area contributed by atoms with Crippen molar-refractivity contribution in [2.45, 2.75) is 237 Å². The van der Waals surface area contributed by atoms with Gasteiger partial charge in [0.1, 0.15) is 57.0 Å². The first-order valence-electron chi connectivity index (χ1n) is 22.9. The molecule has 4 aliphatic heterocycles. The number of nitrogens with one attached hydrogen (secondary N) is 4. The fraction of sp³-hybridized carbons (Fsp3) is 0.872. The number of piperidine rings is 4. The number of esters is 4. The van der Waals surface area contributed by atoms with Gasteiger partial charge in [-0.25, -0.2) is 0 Å². The Kier molecular flexibility index (Phi) is 15.7.